The number of ether oxygens (including phenoxy) is 3. The van der Waals surface area contributed by atoms with Crippen LogP contribution >= 0.6 is 0 Å². The minimum Gasteiger partial charge on any atom is -0.486 e. The van der Waals surface area contributed by atoms with Gasteiger partial charge in [-0.1, -0.05) is 6.42 Å². The Kier molecular flexibility index (Phi) is 6.16. The Labute approximate surface area is 157 Å². The van der Waals surface area contributed by atoms with Crippen molar-refractivity contribution in [2.24, 2.45) is 0 Å². The summed E-state index contributed by atoms with van der Waals surface area (Å²) in [5.41, 5.74) is 0.523. The van der Waals surface area contributed by atoms with E-state index in [0.29, 0.717) is 43.4 Å². The Balaban J connectivity index is 1.51. The number of nitrogens with one attached hydrogen (secondary N) is 1. The number of carbonyl (C=O) groups is 3. The summed E-state index contributed by atoms with van der Waals surface area (Å²) >= 11 is 0. The van der Waals surface area contributed by atoms with Gasteiger partial charge in [0.2, 0.25) is 5.91 Å². The fourth-order valence-corrected chi connectivity index (χ4v) is 3.01. The van der Waals surface area contributed by atoms with Crippen LogP contribution in [0.15, 0.2) is 18.2 Å². The predicted molar refractivity (Wildman–Crippen MR) is 96.7 cm³/mol. The molecule has 1 fully saturated rings. The first kappa shape index (κ1) is 19.0. The van der Waals surface area contributed by atoms with Gasteiger partial charge in [0.05, 0.1) is 0 Å². The zero-order valence-corrected chi connectivity index (χ0v) is 15.4. The fourth-order valence-electron chi connectivity index (χ4n) is 3.01. The molecule has 2 aliphatic rings. The molecule has 8 nitrogen and oxygen atoms in total. The molecule has 2 aliphatic heterocycles. The van der Waals surface area contributed by atoms with E-state index in [2.05, 4.69) is 5.32 Å². The lowest BCUT2D eigenvalue weighted by Gasteiger charge is -2.21. The number of likely N-dealkylation sites (tertiary alicyclic amines) is 1. The van der Waals surface area contributed by atoms with Crippen LogP contribution in [-0.4, -0.2) is 55.1 Å². The van der Waals surface area contributed by atoms with Crippen molar-refractivity contribution in [3.63, 3.8) is 0 Å². The zero-order valence-electron chi connectivity index (χ0n) is 15.4. The van der Waals surface area contributed by atoms with E-state index in [9.17, 15) is 14.4 Å². The van der Waals surface area contributed by atoms with E-state index in [4.69, 9.17) is 14.2 Å². The van der Waals surface area contributed by atoms with E-state index in [0.717, 1.165) is 19.3 Å². The van der Waals surface area contributed by atoms with Gasteiger partial charge in [-0.15, -0.1) is 0 Å². The Bertz CT molecular complexity index is 720. The highest BCUT2D eigenvalue weighted by Gasteiger charge is 2.23. The fraction of sp³-hybridized carbons (Fsp3) is 0.526. The molecule has 1 unspecified atom stereocenters. The molecule has 0 spiro atoms. The largest absolute Gasteiger partial charge is 0.486 e. The van der Waals surface area contributed by atoms with Crippen LogP contribution < -0.4 is 14.8 Å². The van der Waals surface area contributed by atoms with Crippen LogP contribution in [0, 0.1) is 0 Å². The third-order valence-corrected chi connectivity index (χ3v) is 4.48. The van der Waals surface area contributed by atoms with E-state index in [1.165, 1.54) is 11.8 Å². The van der Waals surface area contributed by atoms with Crippen molar-refractivity contribution in [3.05, 3.63) is 18.2 Å². The van der Waals surface area contributed by atoms with E-state index in [1.807, 2.05) is 0 Å². The van der Waals surface area contributed by atoms with Gasteiger partial charge in [0.25, 0.3) is 5.91 Å². The van der Waals surface area contributed by atoms with Crippen LogP contribution in [0.5, 0.6) is 11.5 Å². The molecule has 8 heteroatoms. The average molecular weight is 376 g/mol. The molecule has 1 aromatic carbocycles. The molecule has 3 rings (SSSR count). The summed E-state index contributed by atoms with van der Waals surface area (Å²) in [4.78, 5) is 37.8. The summed E-state index contributed by atoms with van der Waals surface area (Å²) in [7, 11) is 0. The molecule has 1 aromatic rings. The topological polar surface area (TPSA) is 94.2 Å². The van der Waals surface area contributed by atoms with Crippen molar-refractivity contribution in [2.75, 3.05) is 31.6 Å². The number of amides is 2. The quantitative estimate of drug-likeness (QED) is 0.787. The van der Waals surface area contributed by atoms with E-state index < -0.39 is 18.0 Å². The molecule has 0 radical (unpaired) electrons. The molecular formula is C19H24N2O6. The predicted octanol–water partition coefficient (Wildman–Crippen LogP) is 1.73. The lowest BCUT2D eigenvalue weighted by atomic mass is 10.2. The average Bonchev–Trinajstić information content (AvgIpc) is 2.86. The molecule has 1 atom stereocenters. The Morgan fingerprint density at radius 3 is 2.78 bits per heavy atom. The summed E-state index contributed by atoms with van der Waals surface area (Å²) in [6, 6.07) is 5.07. The monoisotopic (exact) mass is 376 g/mol. The Morgan fingerprint density at radius 2 is 1.96 bits per heavy atom. The first-order valence-corrected chi connectivity index (χ1v) is 9.21. The van der Waals surface area contributed by atoms with Crippen LogP contribution in [0.1, 0.15) is 32.6 Å². The second-order valence-corrected chi connectivity index (χ2v) is 6.61. The molecule has 0 aliphatic carbocycles. The zero-order chi connectivity index (χ0) is 19.2. The molecule has 146 valence electrons. The molecule has 0 aromatic heterocycles. The maximum atomic E-state index is 12.3. The number of benzene rings is 1. The van der Waals surface area contributed by atoms with Gasteiger partial charge in [-0.2, -0.15) is 0 Å². The highest BCUT2D eigenvalue weighted by molar-refractivity contribution is 5.95. The van der Waals surface area contributed by atoms with Crippen LogP contribution in [0.25, 0.3) is 0 Å². The van der Waals surface area contributed by atoms with Gasteiger partial charge < -0.3 is 24.4 Å². The first-order valence-electron chi connectivity index (χ1n) is 9.21. The van der Waals surface area contributed by atoms with Crippen LogP contribution in [-0.2, 0) is 19.1 Å². The number of hydrogen-bond donors (Lipinski definition) is 1. The standard InChI is InChI=1S/C19H24N2O6/c1-13(27-18(23)12-21-8-4-2-3-5-17(21)22)19(24)20-14-6-7-15-16(11-14)26-10-9-25-15/h6-7,11,13H,2-5,8-10,12H2,1H3,(H,20,24). The Hall–Kier alpha value is -2.77. The first-order chi connectivity index (χ1) is 13.0. The maximum absolute atomic E-state index is 12.3. The number of fused-ring (bicyclic) bond motifs is 1. The lowest BCUT2D eigenvalue weighted by Crippen LogP contribution is -2.38. The number of carbonyl (C=O) groups excluding carboxylic acids is 3. The lowest BCUT2D eigenvalue weighted by molar-refractivity contribution is -0.156. The van der Waals surface area contributed by atoms with Crippen molar-refractivity contribution in [3.8, 4) is 11.5 Å². The number of nitrogens with zero attached hydrogens (tertiary/aromatic N) is 1. The summed E-state index contributed by atoms with van der Waals surface area (Å²) in [6.07, 6.45) is 2.17. The van der Waals surface area contributed by atoms with Crippen molar-refractivity contribution in [1.82, 2.24) is 4.90 Å². The summed E-state index contributed by atoms with van der Waals surface area (Å²) in [6.45, 7) is 2.86. The van der Waals surface area contributed by atoms with Gasteiger partial charge >= 0.3 is 5.97 Å². The van der Waals surface area contributed by atoms with E-state index in [1.54, 1.807) is 18.2 Å². The summed E-state index contributed by atoms with van der Waals surface area (Å²) in [5, 5.41) is 2.69. The van der Waals surface area contributed by atoms with Crippen LogP contribution in [0.3, 0.4) is 0 Å². The van der Waals surface area contributed by atoms with Gasteiger partial charge in [0, 0.05) is 24.7 Å². The smallest absolute Gasteiger partial charge is 0.326 e. The van der Waals surface area contributed by atoms with Crippen molar-refractivity contribution < 1.29 is 28.6 Å². The van der Waals surface area contributed by atoms with E-state index in [-0.39, 0.29) is 12.5 Å². The normalized spacial score (nSPS) is 17.7. The molecule has 0 saturated carbocycles. The van der Waals surface area contributed by atoms with Crippen LogP contribution in [0.2, 0.25) is 0 Å². The van der Waals surface area contributed by atoms with Crippen LogP contribution in [0.4, 0.5) is 5.69 Å². The summed E-state index contributed by atoms with van der Waals surface area (Å²) in [5.74, 6) is 0.0966. The minimum atomic E-state index is -0.979. The Morgan fingerprint density at radius 1 is 1.19 bits per heavy atom. The minimum absolute atomic E-state index is 0.0437. The molecular weight excluding hydrogens is 352 g/mol. The highest BCUT2D eigenvalue weighted by atomic mass is 16.6. The third-order valence-electron chi connectivity index (χ3n) is 4.48. The van der Waals surface area contributed by atoms with Gasteiger partial charge in [0.15, 0.2) is 17.6 Å². The SMILES string of the molecule is CC(OC(=O)CN1CCCCCC1=O)C(=O)Nc1ccc2c(c1)OCCO2. The summed E-state index contributed by atoms with van der Waals surface area (Å²) < 4.78 is 16.1. The van der Waals surface area contributed by atoms with Crippen molar-refractivity contribution >= 4 is 23.5 Å². The number of hydrogen-bond acceptors (Lipinski definition) is 6. The molecule has 2 amide bonds. The van der Waals surface area contributed by atoms with Gasteiger partial charge in [-0.3, -0.25) is 14.4 Å². The number of rotatable bonds is 5. The van der Waals surface area contributed by atoms with Crippen molar-refractivity contribution in [2.45, 2.75) is 38.7 Å². The van der Waals surface area contributed by atoms with E-state index >= 15 is 0 Å². The molecule has 1 N–H and O–H groups in total. The molecule has 1 saturated heterocycles. The van der Waals surface area contributed by atoms with Crippen molar-refractivity contribution in [1.29, 1.82) is 0 Å². The second kappa shape index (κ2) is 8.75. The van der Waals surface area contributed by atoms with Gasteiger partial charge in [-0.25, -0.2) is 0 Å². The van der Waals surface area contributed by atoms with Gasteiger partial charge in [-0.05, 0) is 31.9 Å². The molecule has 0 bridgehead atoms. The highest BCUT2D eigenvalue weighted by Crippen LogP contribution is 2.32. The maximum Gasteiger partial charge on any atom is 0.326 e. The molecule has 2 heterocycles. The second-order valence-electron chi connectivity index (χ2n) is 6.61. The number of esters is 1. The number of anilines is 1. The third kappa shape index (κ3) is 5.12. The van der Waals surface area contributed by atoms with Gasteiger partial charge in [0.1, 0.15) is 19.8 Å². The molecule has 27 heavy (non-hydrogen) atoms.